The van der Waals surface area contributed by atoms with Gasteiger partial charge in [-0.2, -0.15) is 0 Å². The monoisotopic (exact) mass is 386 g/mol. The number of hydrogen-bond donors (Lipinski definition) is 1. The molecule has 154 valence electrons. The van der Waals surface area contributed by atoms with Crippen LogP contribution in [0.2, 0.25) is 0 Å². The molecule has 6 heteroatoms. The average Bonchev–Trinajstić information content (AvgIpc) is 3.25. The van der Waals surface area contributed by atoms with Crippen LogP contribution in [0.4, 0.5) is 0 Å². The highest BCUT2D eigenvalue weighted by atomic mass is 16.5. The largest absolute Gasteiger partial charge is 0.469 e. The van der Waals surface area contributed by atoms with Gasteiger partial charge in [-0.1, -0.05) is 24.3 Å². The molecule has 0 radical (unpaired) electrons. The van der Waals surface area contributed by atoms with Gasteiger partial charge in [-0.15, -0.1) is 0 Å². The van der Waals surface area contributed by atoms with Crippen LogP contribution in [0.3, 0.4) is 0 Å². The molecule has 28 heavy (non-hydrogen) atoms. The summed E-state index contributed by atoms with van der Waals surface area (Å²) in [5.74, 6) is 0.870. The Bertz CT molecular complexity index is 645. The van der Waals surface area contributed by atoms with Gasteiger partial charge in [0, 0.05) is 26.2 Å². The number of esters is 1. The Labute approximate surface area is 168 Å². The maximum Gasteiger partial charge on any atom is 0.308 e. The van der Waals surface area contributed by atoms with Crippen molar-refractivity contribution in [2.45, 2.75) is 45.7 Å². The Morgan fingerprint density at radius 2 is 1.75 bits per heavy atom. The Morgan fingerprint density at radius 1 is 1.11 bits per heavy atom. The number of benzene rings is 1. The van der Waals surface area contributed by atoms with E-state index in [1.807, 2.05) is 0 Å². The lowest BCUT2D eigenvalue weighted by Gasteiger charge is -2.33. The number of nitrogens with zero attached hydrogens (tertiary/aromatic N) is 3. The maximum absolute atomic E-state index is 11.7. The van der Waals surface area contributed by atoms with E-state index in [1.165, 1.54) is 44.2 Å². The third-order valence-corrected chi connectivity index (χ3v) is 5.70. The van der Waals surface area contributed by atoms with Gasteiger partial charge in [-0.05, 0) is 56.8 Å². The molecule has 1 N–H and O–H groups in total. The number of piperidine rings is 1. The van der Waals surface area contributed by atoms with Crippen LogP contribution in [0, 0.1) is 5.92 Å². The summed E-state index contributed by atoms with van der Waals surface area (Å²) in [6.07, 6.45) is 4.30. The molecule has 0 spiro atoms. The van der Waals surface area contributed by atoms with E-state index in [-0.39, 0.29) is 11.9 Å². The number of carbonyl (C=O) groups excluding carboxylic acids is 1. The van der Waals surface area contributed by atoms with E-state index >= 15 is 0 Å². The van der Waals surface area contributed by atoms with E-state index in [4.69, 9.17) is 9.73 Å². The number of rotatable bonds is 6. The van der Waals surface area contributed by atoms with E-state index in [9.17, 15) is 4.79 Å². The fourth-order valence-corrected chi connectivity index (χ4v) is 4.03. The molecule has 0 aliphatic carbocycles. The first-order valence-electron chi connectivity index (χ1n) is 10.6. The average molecular weight is 387 g/mol. The van der Waals surface area contributed by atoms with Crippen molar-refractivity contribution in [2.24, 2.45) is 10.9 Å². The molecule has 0 unspecified atom stereocenters. The lowest BCUT2D eigenvalue weighted by atomic mass is 9.97. The van der Waals surface area contributed by atoms with Crippen molar-refractivity contribution in [1.29, 1.82) is 0 Å². The summed E-state index contributed by atoms with van der Waals surface area (Å²) in [5, 5.41) is 3.39. The van der Waals surface area contributed by atoms with Gasteiger partial charge in [-0.3, -0.25) is 9.69 Å². The number of methoxy groups -OCH3 is 1. The number of ether oxygens (including phenoxy) is 1. The van der Waals surface area contributed by atoms with Crippen LogP contribution in [0.25, 0.3) is 0 Å². The topological polar surface area (TPSA) is 57.2 Å². The summed E-state index contributed by atoms with van der Waals surface area (Å²) in [5.41, 5.74) is 2.61. The summed E-state index contributed by atoms with van der Waals surface area (Å²) in [6.45, 7) is 8.77. The SMILES string of the molecule is CCNC(=NCc1ccc(CN2CCCC2)cc1)N1CCC(C(=O)OC)CC1. The van der Waals surface area contributed by atoms with Gasteiger partial charge in [-0.25, -0.2) is 4.99 Å². The second-order valence-electron chi connectivity index (χ2n) is 7.75. The fourth-order valence-electron chi connectivity index (χ4n) is 4.03. The standard InChI is InChI=1S/C22H34N4O2/c1-3-23-22(26-14-10-20(11-15-26)21(27)28-2)24-16-18-6-8-19(9-7-18)17-25-12-4-5-13-25/h6-9,20H,3-5,10-17H2,1-2H3,(H,23,24). The van der Waals surface area contributed by atoms with Crippen LogP contribution in [0.5, 0.6) is 0 Å². The minimum atomic E-state index is -0.0874. The van der Waals surface area contributed by atoms with Crippen molar-refractivity contribution in [1.82, 2.24) is 15.1 Å². The lowest BCUT2D eigenvalue weighted by Crippen LogP contribution is -2.46. The van der Waals surface area contributed by atoms with Gasteiger partial charge in [0.25, 0.3) is 0 Å². The van der Waals surface area contributed by atoms with E-state index in [2.05, 4.69) is 46.3 Å². The second kappa shape index (κ2) is 10.5. The number of carbonyl (C=O) groups is 1. The molecule has 0 atom stereocenters. The number of nitrogens with one attached hydrogen (secondary N) is 1. The second-order valence-corrected chi connectivity index (χ2v) is 7.75. The minimum absolute atomic E-state index is 0.0206. The summed E-state index contributed by atoms with van der Waals surface area (Å²) in [7, 11) is 1.47. The third-order valence-electron chi connectivity index (χ3n) is 5.70. The molecule has 3 rings (SSSR count). The first-order chi connectivity index (χ1) is 13.7. The molecule has 6 nitrogen and oxygen atoms in total. The van der Waals surface area contributed by atoms with Gasteiger partial charge in [0.05, 0.1) is 19.6 Å². The molecule has 0 aromatic heterocycles. The Kier molecular flexibility index (Phi) is 7.71. The normalized spacial score (nSPS) is 19.1. The van der Waals surface area contributed by atoms with Crippen LogP contribution in [-0.4, -0.2) is 61.6 Å². The quantitative estimate of drug-likeness (QED) is 0.463. The number of guanidine groups is 1. The van der Waals surface area contributed by atoms with Crippen molar-refractivity contribution in [3.05, 3.63) is 35.4 Å². The number of hydrogen-bond acceptors (Lipinski definition) is 4. The molecule has 2 heterocycles. The number of aliphatic imine (C=N–C) groups is 1. The Hall–Kier alpha value is -2.08. The lowest BCUT2D eigenvalue weighted by molar-refractivity contribution is -0.146. The van der Waals surface area contributed by atoms with Crippen LogP contribution >= 0.6 is 0 Å². The highest BCUT2D eigenvalue weighted by Gasteiger charge is 2.26. The van der Waals surface area contributed by atoms with E-state index in [1.54, 1.807) is 0 Å². The molecular formula is C22H34N4O2. The van der Waals surface area contributed by atoms with Gasteiger partial charge in [0.15, 0.2) is 5.96 Å². The van der Waals surface area contributed by atoms with E-state index in [0.29, 0.717) is 6.54 Å². The van der Waals surface area contributed by atoms with Crippen LogP contribution < -0.4 is 5.32 Å². The summed E-state index contributed by atoms with van der Waals surface area (Å²) in [6, 6.07) is 8.86. The molecule has 2 aliphatic heterocycles. The predicted molar refractivity (Wildman–Crippen MR) is 112 cm³/mol. The van der Waals surface area contributed by atoms with Crippen LogP contribution in [0.1, 0.15) is 43.7 Å². The van der Waals surface area contributed by atoms with Crippen molar-refractivity contribution < 1.29 is 9.53 Å². The molecule has 0 amide bonds. The molecule has 2 fully saturated rings. The smallest absolute Gasteiger partial charge is 0.308 e. The summed E-state index contributed by atoms with van der Waals surface area (Å²) < 4.78 is 4.88. The molecule has 0 saturated carbocycles. The zero-order valence-electron chi connectivity index (χ0n) is 17.3. The van der Waals surface area contributed by atoms with Gasteiger partial charge >= 0.3 is 5.97 Å². The zero-order valence-corrected chi connectivity index (χ0v) is 17.3. The molecular weight excluding hydrogens is 352 g/mol. The highest BCUT2D eigenvalue weighted by Crippen LogP contribution is 2.19. The van der Waals surface area contributed by atoms with Crippen LogP contribution in [0.15, 0.2) is 29.3 Å². The Balaban J connectivity index is 1.54. The molecule has 1 aromatic carbocycles. The van der Waals surface area contributed by atoms with E-state index < -0.39 is 0 Å². The summed E-state index contributed by atoms with van der Waals surface area (Å²) >= 11 is 0. The summed E-state index contributed by atoms with van der Waals surface area (Å²) in [4.78, 5) is 21.3. The first-order valence-corrected chi connectivity index (χ1v) is 10.6. The molecule has 2 saturated heterocycles. The van der Waals surface area contributed by atoms with Crippen molar-refractivity contribution in [3.63, 3.8) is 0 Å². The number of likely N-dealkylation sites (tertiary alicyclic amines) is 2. The zero-order chi connectivity index (χ0) is 19.8. The molecule has 1 aromatic rings. The van der Waals surface area contributed by atoms with Crippen molar-refractivity contribution in [3.8, 4) is 0 Å². The van der Waals surface area contributed by atoms with E-state index in [0.717, 1.165) is 45.0 Å². The highest BCUT2D eigenvalue weighted by molar-refractivity contribution is 5.80. The van der Waals surface area contributed by atoms with Crippen LogP contribution in [-0.2, 0) is 22.6 Å². The van der Waals surface area contributed by atoms with Gasteiger partial charge in [0.1, 0.15) is 0 Å². The fraction of sp³-hybridized carbons (Fsp3) is 0.636. The van der Waals surface area contributed by atoms with Gasteiger partial charge in [0.2, 0.25) is 0 Å². The molecule has 2 aliphatic rings. The predicted octanol–water partition coefficient (Wildman–Crippen LogP) is 2.63. The third kappa shape index (κ3) is 5.71. The van der Waals surface area contributed by atoms with Crippen molar-refractivity contribution in [2.75, 3.05) is 39.8 Å². The molecule has 0 bridgehead atoms. The minimum Gasteiger partial charge on any atom is -0.469 e. The van der Waals surface area contributed by atoms with Crippen molar-refractivity contribution >= 4 is 11.9 Å². The van der Waals surface area contributed by atoms with Gasteiger partial charge < -0.3 is 15.0 Å². The first kappa shape index (κ1) is 20.6. The maximum atomic E-state index is 11.7. The Morgan fingerprint density at radius 3 is 2.36 bits per heavy atom.